The van der Waals surface area contributed by atoms with Crippen LogP contribution in [-0.2, 0) is 4.74 Å². The Bertz CT molecular complexity index is 1090. The van der Waals surface area contributed by atoms with Gasteiger partial charge in [-0.2, -0.15) is 0 Å². The molecule has 2 atom stereocenters. The lowest BCUT2D eigenvalue weighted by Crippen LogP contribution is -2.28. The molecule has 7 heteroatoms. The molecule has 30 heavy (non-hydrogen) atoms. The second kappa shape index (κ2) is 7.72. The van der Waals surface area contributed by atoms with Gasteiger partial charge in [-0.25, -0.2) is 0 Å². The summed E-state index contributed by atoms with van der Waals surface area (Å²) < 4.78 is 7.87. The summed E-state index contributed by atoms with van der Waals surface area (Å²) in [7, 11) is 0. The summed E-state index contributed by atoms with van der Waals surface area (Å²) in [4.78, 5) is 6.39. The van der Waals surface area contributed by atoms with Crippen LogP contribution in [0.1, 0.15) is 66.5 Å². The van der Waals surface area contributed by atoms with E-state index in [9.17, 15) is 5.11 Å². The van der Waals surface area contributed by atoms with Crippen molar-refractivity contribution in [2.24, 2.45) is 4.99 Å². The second-order valence-electron chi connectivity index (χ2n) is 8.68. The van der Waals surface area contributed by atoms with Crippen LogP contribution in [0.5, 0.6) is 0 Å². The van der Waals surface area contributed by atoms with Crippen LogP contribution in [0.25, 0.3) is 5.00 Å². The van der Waals surface area contributed by atoms with E-state index in [2.05, 4.69) is 40.7 Å². The molecule has 1 aliphatic rings. The van der Waals surface area contributed by atoms with Gasteiger partial charge in [0, 0.05) is 22.4 Å². The Balaban J connectivity index is 1.90. The minimum Gasteiger partial charge on any atom is -0.368 e. The van der Waals surface area contributed by atoms with Crippen molar-refractivity contribution in [3.05, 3.63) is 63.5 Å². The van der Waals surface area contributed by atoms with Gasteiger partial charge in [0.15, 0.2) is 12.1 Å². The van der Waals surface area contributed by atoms with Crippen molar-refractivity contribution in [2.75, 3.05) is 0 Å². The largest absolute Gasteiger partial charge is 0.368 e. The van der Waals surface area contributed by atoms with E-state index in [1.807, 2.05) is 45.9 Å². The fourth-order valence-corrected chi connectivity index (χ4v) is 5.00. The molecule has 2 aromatic heterocycles. The van der Waals surface area contributed by atoms with Gasteiger partial charge in [0.2, 0.25) is 0 Å². The monoisotopic (exact) mass is 424 g/mol. The number of fused-ring (bicyclic) bond motifs is 3. The van der Waals surface area contributed by atoms with Crippen molar-refractivity contribution in [1.29, 1.82) is 0 Å². The van der Waals surface area contributed by atoms with Gasteiger partial charge in [-0.15, -0.1) is 21.5 Å². The Morgan fingerprint density at radius 3 is 2.50 bits per heavy atom. The smallest absolute Gasteiger partial charge is 0.163 e. The average molecular weight is 425 g/mol. The number of aliphatic hydroxyl groups is 1. The van der Waals surface area contributed by atoms with E-state index < -0.39 is 11.9 Å². The van der Waals surface area contributed by atoms with Crippen LogP contribution in [0, 0.1) is 20.8 Å². The van der Waals surface area contributed by atoms with Crippen molar-refractivity contribution >= 4 is 17.0 Å². The van der Waals surface area contributed by atoms with Gasteiger partial charge < -0.3 is 9.84 Å². The molecule has 3 heterocycles. The molecule has 0 fully saturated rings. The molecule has 0 spiro atoms. The lowest BCUT2D eigenvalue weighted by molar-refractivity contribution is -0.170. The number of aliphatic hydroxyl groups excluding tert-OH is 1. The Morgan fingerprint density at radius 1 is 1.13 bits per heavy atom. The molecule has 1 N–H and O–H groups in total. The molecule has 0 aliphatic carbocycles. The van der Waals surface area contributed by atoms with E-state index in [-0.39, 0.29) is 6.04 Å². The fourth-order valence-electron chi connectivity index (χ4n) is 3.79. The summed E-state index contributed by atoms with van der Waals surface area (Å²) in [6.45, 7) is 12.0. The highest BCUT2D eigenvalue weighted by molar-refractivity contribution is 7.15. The first kappa shape index (κ1) is 20.9. The maximum absolute atomic E-state index is 10.6. The van der Waals surface area contributed by atoms with E-state index in [1.54, 1.807) is 11.3 Å². The van der Waals surface area contributed by atoms with Gasteiger partial charge in [-0.1, -0.05) is 30.3 Å². The molecule has 6 nitrogen and oxygen atoms in total. The molecule has 0 radical (unpaired) electrons. The Labute approximate surface area is 181 Å². The van der Waals surface area contributed by atoms with Crippen LogP contribution in [0.15, 0.2) is 35.3 Å². The lowest BCUT2D eigenvalue weighted by atomic mass is 9.99. The van der Waals surface area contributed by atoms with E-state index in [1.165, 1.54) is 10.4 Å². The Morgan fingerprint density at radius 2 is 1.83 bits per heavy atom. The number of benzene rings is 1. The lowest BCUT2D eigenvalue weighted by Gasteiger charge is -2.25. The number of hydrogen-bond donors (Lipinski definition) is 1. The summed E-state index contributed by atoms with van der Waals surface area (Å²) in [6.07, 6.45) is -0.654. The van der Waals surface area contributed by atoms with Crippen LogP contribution in [0.2, 0.25) is 0 Å². The normalized spacial score (nSPS) is 17.2. The summed E-state index contributed by atoms with van der Waals surface area (Å²) >= 11 is 1.73. The molecule has 0 bridgehead atoms. The van der Waals surface area contributed by atoms with Gasteiger partial charge in [-0.05, 0) is 47.1 Å². The van der Waals surface area contributed by atoms with Gasteiger partial charge in [0.05, 0.1) is 11.3 Å². The molecule has 0 saturated heterocycles. The summed E-state index contributed by atoms with van der Waals surface area (Å²) in [6, 6.07) is 9.83. The van der Waals surface area contributed by atoms with Gasteiger partial charge >= 0.3 is 0 Å². The van der Waals surface area contributed by atoms with Crippen molar-refractivity contribution in [2.45, 2.75) is 65.9 Å². The molecular weight excluding hydrogens is 396 g/mol. The van der Waals surface area contributed by atoms with Crippen molar-refractivity contribution in [3.63, 3.8) is 0 Å². The average Bonchev–Trinajstić information content (AvgIpc) is 3.13. The molecule has 158 valence electrons. The SMILES string of the molecule is Cc1sc2c(c1C)C(c1ccccc1)=N[C@@H](CC(O)OC(C)(C)C)c1nnc(C)n1-2. The number of nitrogens with zero attached hydrogens (tertiary/aromatic N) is 4. The van der Waals surface area contributed by atoms with Gasteiger partial charge in [0.25, 0.3) is 0 Å². The summed E-state index contributed by atoms with van der Waals surface area (Å²) in [5.41, 5.74) is 3.84. The first-order chi connectivity index (χ1) is 14.2. The first-order valence-electron chi connectivity index (χ1n) is 10.2. The van der Waals surface area contributed by atoms with E-state index in [0.29, 0.717) is 6.42 Å². The van der Waals surface area contributed by atoms with E-state index in [0.717, 1.165) is 33.5 Å². The van der Waals surface area contributed by atoms with Crippen LogP contribution in [0.4, 0.5) is 0 Å². The van der Waals surface area contributed by atoms with Crippen molar-refractivity contribution in [1.82, 2.24) is 14.8 Å². The zero-order chi connectivity index (χ0) is 21.6. The maximum Gasteiger partial charge on any atom is 0.163 e. The first-order valence-corrected chi connectivity index (χ1v) is 11.0. The van der Waals surface area contributed by atoms with Gasteiger partial charge in [0.1, 0.15) is 16.9 Å². The number of aliphatic imine (C=N–C) groups is 1. The highest BCUT2D eigenvalue weighted by Gasteiger charge is 2.33. The zero-order valence-electron chi connectivity index (χ0n) is 18.3. The predicted octanol–water partition coefficient (Wildman–Crippen LogP) is 4.67. The highest BCUT2D eigenvalue weighted by Crippen LogP contribution is 2.39. The molecule has 1 unspecified atom stereocenters. The van der Waals surface area contributed by atoms with Crippen molar-refractivity contribution in [3.8, 4) is 5.00 Å². The molecule has 1 aromatic carbocycles. The highest BCUT2D eigenvalue weighted by atomic mass is 32.1. The third-order valence-electron chi connectivity index (χ3n) is 5.20. The quantitative estimate of drug-likeness (QED) is 0.618. The van der Waals surface area contributed by atoms with E-state index in [4.69, 9.17) is 9.73 Å². The third-order valence-corrected chi connectivity index (χ3v) is 6.39. The minimum absolute atomic E-state index is 0.304. The summed E-state index contributed by atoms with van der Waals surface area (Å²) in [5.74, 6) is 1.55. The van der Waals surface area contributed by atoms with E-state index >= 15 is 0 Å². The number of rotatable bonds is 4. The van der Waals surface area contributed by atoms with Crippen LogP contribution < -0.4 is 0 Å². The number of aromatic nitrogens is 3. The molecule has 0 saturated carbocycles. The predicted molar refractivity (Wildman–Crippen MR) is 120 cm³/mol. The minimum atomic E-state index is -0.958. The standard InChI is InChI=1S/C23H28N4O2S/c1-13-14(2)30-22-19(13)20(16-10-8-7-9-11-16)24-17(12-18(28)29-23(4,5)6)21-26-25-15(3)27(21)22/h7-11,17-18,28H,12H2,1-6H3/t17-,18?/m0/s1. The topological polar surface area (TPSA) is 72.5 Å². The summed E-state index contributed by atoms with van der Waals surface area (Å²) in [5, 5.41) is 20.5. The molecular formula is C23H28N4O2S. The number of ether oxygens (including phenoxy) is 1. The molecule has 4 rings (SSSR count). The fraction of sp³-hybridized carbons (Fsp3) is 0.435. The number of hydrogen-bond acceptors (Lipinski definition) is 6. The van der Waals surface area contributed by atoms with Crippen molar-refractivity contribution < 1.29 is 9.84 Å². The Hall–Kier alpha value is -2.35. The Kier molecular flexibility index (Phi) is 5.38. The molecule has 3 aromatic rings. The zero-order valence-corrected chi connectivity index (χ0v) is 19.1. The third kappa shape index (κ3) is 3.85. The van der Waals surface area contributed by atoms with Crippen LogP contribution in [-0.4, -0.2) is 37.5 Å². The molecule has 1 aliphatic heterocycles. The van der Waals surface area contributed by atoms with Crippen LogP contribution >= 0.6 is 11.3 Å². The molecule has 0 amide bonds. The number of aryl methyl sites for hydroxylation is 2. The second-order valence-corrected chi connectivity index (χ2v) is 9.89. The van der Waals surface area contributed by atoms with Crippen LogP contribution in [0.3, 0.4) is 0 Å². The maximum atomic E-state index is 10.6. The number of thiophene rings is 1. The van der Waals surface area contributed by atoms with Gasteiger partial charge in [-0.3, -0.25) is 9.56 Å².